The number of pyridine rings is 1. The Balaban J connectivity index is 1.96. The number of hydrogen-bond acceptors (Lipinski definition) is 4. The maximum Gasteiger partial charge on any atom is 0.323 e. The maximum absolute atomic E-state index is 13.1. The second kappa shape index (κ2) is 7.21. The summed E-state index contributed by atoms with van der Waals surface area (Å²) in [5.41, 5.74) is 1.94. The maximum atomic E-state index is 13.1. The minimum atomic E-state index is -2.72. The molecule has 0 radical (unpaired) electrons. The minimum Gasteiger partial charge on any atom is -0.430 e. The van der Waals surface area contributed by atoms with Crippen molar-refractivity contribution in [1.82, 2.24) is 15.2 Å². The zero-order valence-electron chi connectivity index (χ0n) is 14.9. The van der Waals surface area contributed by atoms with E-state index in [9.17, 15) is 18.7 Å². The highest BCUT2D eigenvalue weighted by Crippen LogP contribution is 2.32. The van der Waals surface area contributed by atoms with Crippen LogP contribution in [0.4, 0.5) is 13.6 Å². The van der Waals surface area contributed by atoms with Gasteiger partial charge in [0.1, 0.15) is 0 Å². The highest BCUT2D eigenvalue weighted by Gasteiger charge is 2.29. The minimum absolute atomic E-state index is 0.165. The topological polar surface area (TPSA) is 74.7 Å². The van der Waals surface area contributed by atoms with Crippen LogP contribution in [0.2, 0.25) is 0 Å². The molecule has 2 amide bonds. The number of rotatable bonds is 4. The number of nitrogens with zero attached hydrogens (tertiary/aromatic N) is 2. The summed E-state index contributed by atoms with van der Waals surface area (Å²) in [6, 6.07) is 9.42. The molecule has 2 heterocycles. The van der Waals surface area contributed by atoms with E-state index in [-0.39, 0.29) is 17.2 Å². The molecule has 0 bridgehead atoms. The number of ether oxygens (including phenoxy) is 1. The second-order valence-corrected chi connectivity index (χ2v) is 6.06. The van der Waals surface area contributed by atoms with Gasteiger partial charge in [0.25, 0.3) is 6.43 Å². The predicted molar refractivity (Wildman–Crippen MR) is 93.0 cm³/mol. The SMILES string of the molecule is CC1=C(c2c#cc(Oc3ncccc3C(F)F)cc2C)N(C)C(=O)NC1O. The summed E-state index contributed by atoms with van der Waals surface area (Å²) in [5, 5.41) is 12.4. The molecule has 27 heavy (non-hydrogen) atoms. The Morgan fingerprint density at radius 3 is 2.78 bits per heavy atom. The number of nitrogens with one attached hydrogen (secondary N) is 1. The first kappa shape index (κ1) is 18.6. The monoisotopic (exact) mass is 373 g/mol. The number of aliphatic hydroxyl groups excluding tert-OH is 1. The van der Waals surface area contributed by atoms with Crippen LogP contribution < -0.4 is 10.1 Å². The highest BCUT2D eigenvalue weighted by molar-refractivity contribution is 5.89. The molecule has 1 aromatic heterocycles. The fraction of sp³-hybridized carbons (Fsp3) is 0.263. The average Bonchev–Trinajstić information content (AvgIpc) is 2.62. The number of aliphatic hydroxyl groups is 1. The van der Waals surface area contributed by atoms with Crippen molar-refractivity contribution >= 4 is 11.7 Å². The summed E-state index contributed by atoms with van der Waals surface area (Å²) < 4.78 is 31.6. The summed E-state index contributed by atoms with van der Waals surface area (Å²) >= 11 is 0. The molecule has 0 fully saturated rings. The van der Waals surface area contributed by atoms with Crippen molar-refractivity contribution in [1.29, 1.82) is 0 Å². The van der Waals surface area contributed by atoms with Gasteiger partial charge >= 0.3 is 6.03 Å². The number of carbonyl (C=O) groups is 1. The summed E-state index contributed by atoms with van der Waals surface area (Å²) in [7, 11) is 1.57. The average molecular weight is 373 g/mol. The fourth-order valence-electron chi connectivity index (χ4n) is 2.77. The third kappa shape index (κ3) is 3.55. The van der Waals surface area contributed by atoms with Gasteiger partial charge in [-0.25, -0.2) is 18.6 Å². The number of aromatic nitrogens is 1. The van der Waals surface area contributed by atoms with Crippen LogP contribution in [0.5, 0.6) is 11.6 Å². The molecule has 1 atom stereocenters. The van der Waals surface area contributed by atoms with E-state index in [0.717, 1.165) is 0 Å². The molecule has 1 aliphatic rings. The van der Waals surface area contributed by atoms with Gasteiger partial charge in [-0.1, -0.05) is 6.07 Å². The Hall–Kier alpha value is -3.18. The molecule has 2 aromatic rings. The van der Waals surface area contributed by atoms with E-state index in [4.69, 9.17) is 4.74 Å². The zero-order chi connectivity index (χ0) is 19.7. The first-order valence-corrected chi connectivity index (χ1v) is 8.08. The van der Waals surface area contributed by atoms with Crippen LogP contribution in [0.25, 0.3) is 5.70 Å². The molecule has 0 aliphatic carbocycles. The molecular weight excluding hydrogens is 356 g/mol. The molecule has 6 nitrogen and oxygen atoms in total. The Labute approximate surface area is 155 Å². The van der Waals surface area contributed by atoms with Gasteiger partial charge in [-0.3, -0.25) is 4.90 Å². The van der Waals surface area contributed by atoms with E-state index in [1.165, 1.54) is 23.2 Å². The van der Waals surface area contributed by atoms with Crippen LogP contribution in [-0.2, 0) is 0 Å². The highest BCUT2D eigenvalue weighted by atomic mass is 19.3. The quantitative estimate of drug-likeness (QED) is 0.861. The van der Waals surface area contributed by atoms with Crippen molar-refractivity contribution in [3.63, 3.8) is 0 Å². The van der Waals surface area contributed by atoms with Gasteiger partial charge < -0.3 is 15.2 Å². The van der Waals surface area contributed by atoms with Crippen molar-refractivity contribution < 1.29 is 23.4 Å². The Morgan fingerprint density at radius 1 is 1.37 bits per heavy atom. The Morgan fingerprint density at radius 2 is 2.11 bits per heavy atom. The smallest absolute Gasteiger partial charge is 0.323 e. The molecule has 1 unspecified atom stereocenters. The molecule has 0 saturated heterocycles. The second-order valence-electron chi connectivity index (χ2n) is 6.06. The summed E-state index contributed by atoms with van der Waals surface area (Å²) in [6.45, 7) is 3.45. The first-order chi connectivity index (χ1) is 12.8. The van der Waals surface area contributed by atoms with Gasteiger partial charge in [0.2, 0.25) is 5.88 Å². The number of halogens is 2. The molecular formula is C19H17F2N3O3. The van der Waals surface area contributed by atoms with Crippen molar-refractivity contribution in [2.24, 2.45) is 0 Å². The van der Waals surface area contributed by atoms with Crippen LogP contribution >= 0.6 is 0 Å². The van der Waals surface area contributed by atoms with Crippen molar-refractivity contribution in [3.8, 4) is 11.6 Å². The van der Waals surface area contributed by atoms with Crippen LogP contribution in [0.3, 0.4) is 0 Å². The van der Waals surface area contributed by atoms with E-state index < -0.39 is 18.7 Å². The largest absolute Gasteiger partial charge is 0.430 e. The van der Waals surface area contributed by atoms with Gasteiger partial charge in [0, 0.05) is 18.8 Å². The van der Waals surface area contributed by atoms with E-state index in [1.54, 1.807) is 27.0 Å². The molecule has 0 saturated carbocycles. The lowest BCUT2D eigenvalue weighted by atomic mass is 10.0. The van der Waals surface area contributed by atoms with Gasteiger partial charge in [0.05, 0.1) is 16.8 Å². The van der Waals surface area contributed by atoms with Crippen molar-refractivity contribution in [2.45, 2.75) is 26.5 Å². The van der Waals surface area contributed by atoms with Gasteiger partial charge in [0.15, 0.2) is 12.0 Å². The number of hydrogen-bond donors (Lipinski definition) is 2. The van der Waals surface area contributed by atoms with Crippen LogP contribution in [0.1, 0.15) is 30.0 Å². The van der Waals surface area contributed by atoms with Gasteiger partial charge in [-0.15, -0.1) is 0 Å². The van der Waals surface area contributed by atoms with Crippen molar-refractivity contribution in [2.75, 3.05) is 7.05 Å². The lowest BCUT2D eigenvalue weighted by molar-refractivity contribution is 0.147. The van der Waals surface area contributed by atoms with E-state index >= 15 is 0 Å². The third-order valence-electron chi connectivity index (χ3n) is 4.22. The van der Waals surface area contributed by atoms with Crippen molar-refractivity contribution in [3.05, 3.63) is 58.8 Å². The van der Waals surface area contributed by atoms with Crippen LogP contribution in [0.15, 0.2) is 30.0 Å². The Bertz CT molecular complexity index is 915. The number of alkyl halides is 2. The summed E-state index contributed by atoms with van der Waals surface area (Å²) in [6.07, 6.45) is -2.46. The van der Waals surface area contributed by atoms with Gasteiger partial charge in [-0.2, -0.15) is 0 Å². The standard InChI is InChI=1S/C19H17F2N3O3/c1-10-9-12(27-18-14(16(20)21)5-4-8-22-18)6-7-13(10)15-11(2)17(25)23-19(26)24(15)3/h4-5,8-9,16-17,25H,1-3H3,(H,23,26). The molecule has 0 spiro atoms. The molecule has 8 heteroatoms. The van der Waals surface area contributed by atoms with E-state index in [2.05, 4.69) is 22.4 Å². The zero-order valence-corrected chi connectivity index (χ0v) is 14.9. The van der Waals surface area contributed by atoms with Crippen LogP contribution in [-0.4, -0.2) is 34.3 Å². The lowest BCUT2D eigenvalue weighted by Crippen LogP contribution is -2.48. The Kier molecular flexibility index (Phi) is 4.97. The van der Waals surface area contributed by atoms with E-state index in [0.29, 0.717) is 22.4 Å². The molecule has 1 aliphatic heterocycles. The lowest BCUT2D eigenvalue weighted by Gasteiger charge is -2.31. The third-order valence-corrected chi connectivity index (χ3v) is 4.22. The summed E-state index contributed by atoms with van der Waals surface area (Å²) in [4.78, 5) is 17.2. The molecule has 3 rings (SSSR count). The normalized spacial score (nSPS) is 17.1. The fourth-order valence-corrected chi connectivity index (χ4v) is 2.77. The molecule has 2 N–H and O–H groups in total. The van der Waals surface area contributed by atoms with Gasteiger partial charge in [-0.05, 0) is 43.7 Å². The molecule has 140 valence electrons. The number of urea groups is 1. The predicted octanol–water partition coefficient (Wildman–Crippen LogP) is 3.42. The molecule has 1 aromatic carbocycles. The summed E-state index contributed by atoms with van der Waals surface area (Å²) in [5.74, 6) is -0.0390. The number of carbonyl (C=O) groups excluding carboxylic acids is 1. The first-order valence-electron chi connectivity index (χ1n) is 8.08. The number of aryl methyl sites for hydroxylation is 1. The van der Waals surface area contributed by atoms with E-state index in [1.807, 2.05) is 0 Å². The number of amides is 2. The van der Waals surface area contributed by atoms with Crippen LogP contribution in [0, 0.1) is 19.1 Å².